The molecule has 1 nitrogen and oxygen atoms in total. The maximum absolute atomic E-state index is 8.63. The number of phenols is 1. The van der Waals surface area contributed by atoms with Gasteiger partial charge in [-0.15, -0.1) is 0 Å². The molecule has 1 N–H and O–H groups in total. The minimum absolute atomic E-state index is 0.322. The molecule has 0 bridgehead atoms. The second-order valence-corrected chi connectivity index (χ2v) is 3.99. The third-order valence-corrected chi connectivity index (χ3v) is 2.50. The lowest BCUT2D eigenvalue weighted by molar-refractivity contribution is 0.475. The monoisotopic (exact) mass is 208 g/mol. The van der Waals surface area contributed by atoms with Crippen molar-refractivity contribution in [1.29, 1.82) is 0 Å². The highest BCUT2D eigenvalue weighted by molar-refractivity contribution is 5.18. The number of rotatable bonds is 4. The van der Waals surface area contributed by atoms with Crippen molar-refractivity contribution in [3.63, 3.8) is 0 Å². The molecule has 0 aromatic heterocycles. The molecule has 1 rings (SSSR count). The summed E-state index contributed by atoms with van der Waals surface area (Å²) in [5.74, 6) is 1.28. The molecule has 0 fully saturated rings. The fraction of sp³-hybridized carbons (Fsp3) is 0.571. The van der Waals surface area contributed by atoms with E-state index in [2.05, 4.69) is 20.8 Å². The topological polar surface area (TPSA) is 20.2 Å². The fourth-order valence-corrected chi connectivity index (χ4v) is 1.18. The van der Waals surface area contributed by atoms with Gasteiger partial charge in [-0.25, -0.2) is 0 Å². The molecular formula is C14H24O. The van der Waals surface area contributed by atoms with Gasteiger partial charge in [0.15, 0.2) is 0 Å². The Morgan fingerprint density at radius 3 is 2.07 bits per heavy atom. The summed E-state index contributed by atoms with van der Waals surface area (Å²) >= 11 is 0. The van der Waals surface area contributed by atoms with E-state index in [1.54, 1.807) is 24.3 Å². The summed E-state index contributed by atoms with van der Waals surface area (Å²) in [6.45, 7) is 6.85. The van der Waals surface area contributed by atoms with Gasteiger partial charge in [-0.3, -0.25) is 0 Å². The Morgan fingerprint density at radius 1 is 1.13 bits per heavy atom. The van der Waals surface area contributed by atoms with Crippen LogP contribution < -0.4 is 0 Å². The Morgan fingerprint density at radius 2 is 1.73 bits per heavy atom. The van der Waals surface area contributed by atoms with Crippen LogP contribution in [0, 0.1) is 5.92 Å². The highest BCUT2D eigenvalue weighted by Gasteiger charge is 1.94. The smallest absolute Gasteiger partial charge is 0.115 e. The van der Waals surface area contributed by atoms with Gasteiger partial charge in [-0.2, -0.15) is 0 Å². The molecule has 0 aliphatic rings. The van der Waals surface area contributed by atoms with Crippen LogP contribution in [0.5, 0.6) is 5.75 Å². The Bertz CT molecular complexity index is 218. The molecule has 1 unspecified atom stereocenters. The van der Waals surface area contributed by atoms with Crippen molar-refractivity contribution < 1.29 is 5.11 Å². The van der Waals surface area contributed by atoms with Crippen molar-refractivity contribution in [2.24, 2.45) is 5.92 Å². The summed E-state index contributed by atoms with van der Waals surface area (Å²) in [4.78, 5) is 0. The zero-order valence-electron chi connectivity index (χ0n) is 10.2. The average molecular weight is 208 g/mol. The summed E-state index contributed by atoms with van der Waals surface area (Å²) < 4.78 is 0. The first kappa shape index (κ1) is 14.0. The maximum Gasteiger partial charge on any atom is 0.115 e. The van der Waals surface area contributed by atoms with E-state index in [0.717, 1.165) is 5.92 Å². The number of aromatic hydroxyl groups is 1. The standard InChI is InChI=1S/C8H18.C6H6O/c1-4-6-7-8(3)5-2;7-6-4-2-1-3-5-6/h8H,4-7H2,1-3H3;1-5,7H. The molecule has 0 radical (unpaired) electrons. The van der Waals surface area contributed by atoms with Gasteiger partial charge in [-0.05, 0) is 18.1 Å². The van der Waals surface area contributed by atoms with Crippen molar-refractivity contribution in [3.8, 4) is 5.75 Å². The van der Waals surface area contributed by atoms with Crippen molar-refractivity contribution in [3.05, 3.63) is 30.3 Å². The zero-order valence-corrected chi connectivity index (χ0v) is 10.2. The highest BCUT2D eigenvalue weighted by atomic mass is 16.3. The van der Waals surface area contributed by atoms with E-state index < -0.39 is 0 Å². The molecule has 0 spiro atoms. The molecule has 1 aromatic carbocycles. The Hall–Kier alpha value is -0.980. The first-order valence-electron chi connectivity index (χ1n) is 5.94. The lowest BCUT2D eigenvalue weighted by atomic mass is 10.0. The molecule has 0 saturated heterocycles. The number of benzene rings is 1. The number of unbranched alkanes of at least 4 members (excludes halogenated alkanes) is 1. The molecule has 0 saturated carbocycles. The van der Waals surface area contributed by atoms with Gasteiger partial charge in [0.1, 0.15) is 5.75 Å². The quantitative estimate of drug-likeness (QED) is 0.765. The minimum atomic E-state index is 0.322. The predicted octanol–water partition coefficient (Wildman–Crippen LogP) is 4.61. The third kappa shape index (κ3) is 9.33. The summed E-state index contributed by atoms with van der Waals surface area (Å²) in [5, 5.41) is 8.63. The van der Waals surface area contributed by atoms with Crippen LogP contribution in [0.25, 0.3) is 0 Å². The molecule has 0 heterocycles. The van der Waals surface area contributed by atoms with E-state index in [1.165, 1.54) is 25.7 Å². The van der Waals surface area contributed by atoms with E-state index in [-0.39, 0.29) is 0 Å². The molecular weight excluding hydrogens is 184 g/mol. The number of hydrogen-bond acceptors (Lipinski definition) is 1. The van der Waals surface area contributed by atoms with Gasteiger partial charge in [0.05, 0.1) is 0 Å². The first-order chi connectivity index (χ1) is 7.20. The SMILES string of the molecule is CCCCC(C)CC.Oc1ccccc1. The van der Waals surface area contributed by atoms with Gasteiger partial charge in [-0.1, -0.05) is 64.7 Å². The Kier molecular flexibility index (Phi) is 8.95. The highest BCUT2D eigenvalue weighted by Crippen LogP contribution is 2.09. The van der Waals surface area contributed by atoms with Gasteiger partial charge in [0.2, 0.25) is 0 Å². The number of phenolic OH excluding ortho intramolecular Hbond substituents is 1. The minimum Gasteiger partial charge on any atom is -0.508 e. The van der Waals surface area contributed by atoms with Crippen LogP contribution in [-0.2, 0) is 0 Å². The molecule has 86 valence electrons. The van der Waals surface area contributed by atoms with Crippen LogP contribution >= 0.6 is 0 Å². The van der Waals surface area contributed by atoms with E-state index in [1.807, 2.05) is 6.07 Å². The number of para-hydroxylation sites is 1. The van der Waals surface area contributed by atoms with Crippen molar-refractivity contribution in [2.75, 3.05) is 0 Å². The number of hydrogen-bond donors (Lipinski definition) is 1. The van der Waals surface area contributed by atoms with Gasteiger partial charge >= 0.3 is 0 Å². The second-order valence-electron chi connectivity index (χ2n) is 3.99. The van der Waals surface area contributed by atoms with E-state index in [4.69, 9.17) is 5.11 Å². The van der Waals surface area contributed by atoms with Gasteiger partial charge in [0, 0.05) is 0 Å². The molecule has 1 aromatic rings. The third-order valence-electron chi connectivity index (χ3n) is 2.50. The van der Waals surface area contributed by atoms with Crippen LogP contribution in [0.15, 0.2) is 30.3 Å². The second kappa shape index (κ2) is 9.57. The molecule has 0 aliphatic carbocycles. The first-order valence-corrected chi connectivity index (χ1v) is 5.94. The van der Waals surface area contributed by atoms with Crippen LogP contribution in [0.2, 0.25) is 0 Å². The predicted molar refractivity (Wildman–Crippen MR) is 67.1 cm³/mol. The summed E-state index contributed by atoms with van der Waals surface area (Å²) in [7, 11) is 0. The summed E-state index contributed by atoms with van der Waals surface area (Å²) in [5.41, 5.74) is 0. The lowest BCUT2D eigenvalue weighted by Gasteiger charge is -2.04. The average Bonchev–Trinajstić information content (AvgIpc) is 2.28. The van der Waals surface area contributed by atoms with Crippen LogP contribution in [0.1, 0.15) is 46.5 Å². The molecule has 1 heteroatoms. The zero-order chi connectivity index (χ0) is 11.5. The van der Waals surface area contributed by atoms with Crippen LogP contribution in [-0.4, -0.2) is 5.11 Å². The van der Waals surface area contributed by atoms with Gasteiger partial charge < -0.3 is 5.11 Å². The summed E-state index contributed by atoms with van der Waals surface area (Å²) in [6, 6.07) is 8.71. The van der Waals surface area contributed by atoms with Crippen molar-refractivity contribution in [2.45, 2.75) is 46.5 Å². The maximum atomic E-state index is 8.63. The lowest BCUT2D eigenvalue weighted by Crippen LogP contribution is -1.89. The van der Waals surface area contributed by atoms with Crippen molar-refractivity contribution >= 4 is 0 Å². The van der Waals surface area contributed by atoms with E-state index in [0.29, 0.717) is 5.75 Å². The van der Waals surface area contributed by atoms with E-state index >= 15 is 0 Å². The normalized spacial score (nSPS) is 11.4. The van der Waals surface area contributed by atoms with Gasteiger partial charge in [0.25, 0.3) is 0 Å². The molecule has 0 aliphatic heterocycles. The Labute approximate surface area is 94.2 Å². The largest absolute Gasteiger partial charge is 0.508 e. The molecule has 1 atom stereocenters. The van der Waals surface area contributed by atoms with Crippen molar-refractivity contribution in [1.82, 2.24) is 0 Å². The summed E-state index contributed by atoms with van der Waals surface area (Å²) in [6.07, 6.45) is 5.53. The molecule has 15 heavy (non-hydrogen) atoms. The van der Waals surface area contributed by atoms with Crippen LogP contribution in [0.4, 0.5) is 0 Å². The molecule has 0 amide bonds. The fourth-order valence-electron chi connectivity index (χ4n) is 1.18. The van der Waals surface area contributed by atoms with E-state index in [9.17, 15) is 0 Å². The van der Waals surface area contributed by atoms with Crippen LogP contribution in [0.3, 0.4) is 0 Å². The Balaban J connectivity index is 0.000000262.